The third-order valence-corrected chi connectivity index (χ3v) is 6.19. The first kappa shape index (κ1) is 23.0. The summed E-state index contributed by atoms with van der Waals surface area (Å²) in [7, 11) is 0. The molecule has 1 fully saturated rings. The van der Waals surface area contributed by atoms with Gasteiger partial charge in [-0.15, -0.1) is 0 Å². The highest BCUT2D eigenvalue weighted by molar-refractivity contribution is 4.71. The van der Waals surface area contributed by atoms with Gasteiger partial charge in [0.15, 0.2) is 0 Å². The molecule has 1 aliphatic carbocycles. The molecule has 23 heavy (non-hydrogen) atoms. The molecule has 1 rings (SSSR count). The first-order valence-electron chi connectivity index (χ1n) is 11.0. The van der Waals surface area contributed by atoms with E-state index in [1.165, 1.54) is 70.6 Å². The predicted molar refractivity (Wildman–Crippen MR) is 108 cm³/mol. The number of hydrogen-bond acceptors (Lipinski definition) is 0. The van der Waals surface area contributed by atoms with Crippen molar-refractivity contribution in [2.45, 2.75) is 119 Å². The molecule has 0 aromatic rings. The molecule has 0 aliphatic heterocycles. The Hall–Kier alpha value is 0. The van der Waals surface area contributed by atoms with Gasteiger partial charge in [0.05, 0.1) is 0 Å². The molecule has 0 spiro atoms. The summed E-state index contributed by atoms with van der Waals surface area (Å²) in [5.74, 6) is 4.84. The maximum atomic E-state index is 2.45. The van der Waals surface area contributed by atoms with E-state index in [9.17, 15) is 0 Å². The zero-order valence-electron chi connectivity index (χ0n) is 17.7. The van der Waals surface area contributed by atoms with Crippen molar-refractivity contribution in [1.82, 2.24) is 0 Å². The van der Waals surface area contributed by atoms with Crippen molar-refractivity contribution in [1.29, 1.82) is 0 Å². The molecule has 3 atom stereocenters. The molecular formula is C23H48. The molecule has 0 saturated heterocycles. The van der Waals surface area contributed by atoms with Crippen molar-refractivity contribution in [3.63, 3.8) is 0 Å². The van der Waals surface area contributed by atoms with E-state index in [4.69, 9.17) is 0 Å². The van der Waals surface area contributed by atoms with Gasteiger partial charge < -0.3 is 0 Å². The third-order valence-electron chi connectivity index (χ3n) is 6.19. The molecule has 0 heteroatoms. The van der Waals surface area contributed by atoms with Crippen LogP contribution in [-0.2, 0) is 0 Å². The van der Waals surface area contributed by atoms with Crippen molar-refractivity contribution >= 4 is 0 Å². The zero-order valence-corrected chi connectivity index (χ0v) is 17.7. The van der Waals surface area contributed by atoms with Crippen LogP contribution in [0.1, 0.15) is 119 Å². The van der Waals surface area contributed by atoms with Crippen molar-refractivity contribution < 1.29 is 0 Å². The molecule has 3 unspecified atom stereocenters. The Morgan fingerprint density at radius 2 is 1.39 bits per heavy atom. The van der Waals surface area contributed by atoms with Gasteiger partial charge in [-0.25, -0.2) is 0 Å². The van der Waals surface area contributed by atoms with Gasteiger partial charge in [0.2, 0.25) is 0 Å². The Balaban J connectivity index is 0.000000438. The summed E-state index contributed by atoms with van der Waals surface area (Å²) in [5.41, 5.74) is 0. The standard InChI is InChI=1S/C13H26.C10H22/c1-4-12(3)13-9-7-5-6-8-11(2)10-13;1-5-7-10(8-6-2)9(3)4/h11-13H,4-10H2,1-3H3;9-10H,5-8H2,1-4H3. The molecule has 0 radical (unpaired) electrons. The molecule has 0 aromatic carbocycles. The maximum absolute atomic E-state index is 2.45. The first-order chi connectivity index (χ1) is 11.0. The van der Waals surface area contributed by atoms with Crippen LogP contribution in [-0.4, -0.2) is 0 Å². The lowest BCUT2D eigenvalue weighted by Gasteiger charge is -2.28. The molecule has 0 aromatic heterocycles. The summed E-state index contributed by atoms with van der Waals surface area (Å²) in [6.45, 7) is 16.5. The van der Waals surface area contributed by atoms with Crippen LogP contribution in [0.4, 0.5) is 0 Å². The van der Waals surface area contributed by atoms with Crippen LogP contribution in [0, 0.1) is 29.6 Å². The van der Waals surface area contributed by atoms with E-state index in [0.717, 1.165) is 29.6 Å². The summed E-state index contributed by atoms with van der Waals surface area (Å²) in [4.78, 5) is 0. The van der Waals surface area contributed by atoms with Crippen LogP contribution in [0.3, 0.4) is 0 Å². The lowest BCUT2D eigenvalue weighted by Crippen LogP contribution is -2.16. The van der Waals surface area contributed by atoms with Gasteiger partial charge in [-0.2, -0.15) is 0 Å². The lowest BCUT2D eigenvalue weighted by atomic mass is 9.78. The summed E-state index contributed by atoms with van der Waals surface area (Å²) in [5, 5.41) is 0. The average molecular weight is 325 g/mol. The summed E-state index contributed by atoms with van der Waals surface area (Å²) in [6, 6.07) is 0. The van der Waals surface area contributed by atoms with E-state index in [-0.39, 0.29) is 0 Å². The van der Waals surface area contributed by atoms with Gasteiger partial charge in [-0.1, -0.05) is 113 Å². The minimum absolute atomic E-state index is 0.889. The zero-order chi connectivity index (χ0) is 17.7. The highest BCUT2D eigenvalue weighted by Crippen LogP contribution is 2.32. The Morgan fingerprint density at radius 1 is 0.826 bits per heavy atom. The van der Waals surface area contributed by atoms with Crippen LogP contribution < -0.4 is 0 Å². The molecule has 0 amide bonds. The summed E-state index contributed by atoms with van der Waals surface area (Å²) >= 11 is 0. The first-order valence-corrected chi connectivity index (χ1v) is 11.0. The van der Waals surface area contributed by atoms with Crippen LogP contribution >= 0.6 is 0 Å². The Labute approximate surface area is 149 Å². The second-order valence-electron chi connectivity index (χ2n) is 8.71. The van der Waals surface area contributed by atoms with Gasteiger partial charge in [0, 0.05) is 0 Å². The Morgan fingerprint density at radius 3 is 1.87 bits per heavy atom. The molecule has 0 N–H and O–H groups in total. The SMILES string of the molecule is CCC(C)C1CCCCCC(C)C1.CCCC(CCC)C(C)C. The van der Waals surface area contributed by atoms with Crippen molar-refractivity contribution in [3.8, 4) is 0 Å². The van der Waals surface area contributed by atoms with Gasteiger partial charge in [-0.05, 0) is 36.0 Å². The summed E-state index contributed by atoms with van der Waals surface area (Å²) < 4.78 is 0. The van der Waals surface area contributed by atoms with Crippen molar-refractivity contribution in [2.24, 2.45) is 29.6 Å². The highest BCUT2D eigenvalue weighted by Gasteiger charge is 2.20. The largest absolute Gasteiger partial charge is 0.0654 e. The van der Waals surface area contributed by atoms with Crippen LogP contribution in [0.25, 0.3) is 0 Å². The van der Waals surface area contributed by atoms with E-state index < -0.39 is 0 Å². The predicted octanol–water partition coefficient (Wildman–Crippen LogP) is 8.50. The number of rotatable bonds is 7. The van der Waals surface area contributed by atoms with Crippen LogP contribution in [0.5, 0.6) is 0 Å². The van der Waals surface area contributed by atoms with Crippen molar-refractivity contribution in [2.75, 3.05) is 0 Å². The van der Waals surface area contributed by atoms with E-state index in [1.54, 1.807) is 0 Å². The molecule has 140 valence electrons. The topological polar surface area (TPSA) is 0 Å². The second kappa shape index (κ2) is 14.4. The van der Waals surface area contributed by atoms with E-state index in [1.807, 2.05) is 0 Å². The highest BCUT2D eigenvalue weighted by atomic mass is 14.3. The van der Waals surface area contributed by atoms with E-state index in [2.05, 4.69) is 48.5 Å². The molecule has 1 aliphatic rings. The Bertz CT molecular complexity index is 236. The Kier molecular flexibility index (Phi) is 14.4. The molecular weight excluding hydrogens is 276 g/mol. The average Bonchev–Trinajstić information content (AvgIpc) is 2.50. The van der Waals surface area contributed by atoms with Gasteiger partial charge in [0.25, 0.3) is 0 Å². The lowest BCUT2D eigenvalue weighted by molar-refractivity contribution is 0.236. The monoisotopic (exact) mass is 324 g/mol. The van der Waals surface area contributed by atoms with Gasteiger partial charge in [-0.3, -0.25) is 0 Å². The fourth-order valence-corrected chi connectivity index (χ4v) is 4.23. The van der Waals surface area contributed by atoms with Crippen molar-refractivity contribution in [3.05, 3.63) is 0 Å². The molecule has 1 saturated carbocycles. The normalized spacial score (nSPS) is 23.9. The van der Waals surface area contributed by atoms with E-state index in [0.29, 0.717) is 0 Å². The quantitative estimate of drug-likeness (QED) is 0.440. The fraction of sp³-hybridized carbons (Fsp3) is 1.00. The third kappa shape index (κ3) is 11.2. The van der Waals surface area contributed by atoms with Crippen LogP contribution in [0.2, 0.25) is 0 Å². The second-order valence-corrected chi connectivity index (χ2v) is 8.71. The molecule has 0 heterocycles. The minimum Gasteiger partial charge on any atom is -0.0654 e. The van der Waals surface area contributed by atoms with Gasteiger partial charge in [0.1, 0.15) is 0 Å². The van der Waals surface area contributed by atoms with Crippen LogP contribution in [0.15, 0.2) is 0 Å². The number of hydrogen-bond donors (Lipinski definition) is 0. The minimum atomic E-state index is 0.889. The van der Waals surface area contributed by atoms with Gasteiger partial charge >= 0.3 is 0 Å². The molecule has 0 nitrogen and oxygen atoms in total. The molecule has 0 bridgehead atoms. The fourth-order valence-electron chi connectivity index (χ4n) is 4.23. The summed E-state index contributed by atoms with van der Waals surface area (Å²) in [6.07, 6.45) is 15.8. The smallest absolute Gasteiger partial charge is 0.0386 e. The van der Waals surface area contributed by atoms with E-state index >= 15 is 0 Å². The maximum Gasteiger partial charge on any atom is -0.0386 e.